The summed E-state index contributed by atoms with van der Waals surface area (Å²) in [6, 6.07) is 15.2. The zero-order valence-electron chi connectivity index (χ0n) is 14.5. The molecule has 0 bridgehead atoms. The number of hydrogen-bond donors (Lipinski definition) is 3. The Morgan fingerprint density at radius 2 is 1.76 bits per heavy atom. The standard InChI is InChI=1S/C20H25N3O2/c1-2-16-10-11-17(14-18(16)23-19(24)9-6-12-21)22-20(25)13-15-7-4-3-5-8-15/h3-5,7-8,10-11,14H,2,6,9,12-13,21H2,1H3,(H,22,25)(H,23,24). The first-order valence-electron chi connectivity index (χ1n) is 8.59. The molecule has 25 heavy (non-hydrogen) atoms. The summed E-state index contributed by atoms with van der Waals surface area (Å²) in [5, 5.41) is 5.80. The number of nitrogens with two attached hydrogens (primary N) is 1. The molecule has 0 aliphatic carbocycles. The van der Waals surface area contributed by atoms with E-state index in [9.17, 15) is 9.59 Å². The second-order valence-electron chi connectivity index (χ2n) is 5.88. The topological polar surface area (TPSA) is 84.2 Å². The lowest BCUT2D eigenvalue weighted by atomic mass is 10.1. The van der Waals surface area contributed by atoms with Crippen LogP contribution in [0.15, 0.2) is 48.5 Å². The van der Waals surface area contributed by atoms with Crippen LogP contribution < -0.4 is 16.4 Å². The van der Waals surface area contributed by atoms with Crippen LogP contribution in [0.2, 0.25) is 0 Å². The summed E-state index contributed by atoms with van der Waals surface area (Å²) in [7, 11) is 0. The molecular weight excluding hydrogens is 314 g/mol. The van der Waals surface area contributed by atoms with Gasteiger partial charge < -0.3 is 16.4 Å². The number of anilines is 2. The molecule has 0 fully saturated rings. The second kappa shape index (κ2) is 9.59. The highest BCUT2D eigenvalue weighted by Gasteiger charge is 2.09. The lowest BCUT2D eigenvalue weighted by Gasteiger charge is -2.13. The van der Waals surface area contributed by atoms with Crippen LogP contribution in [0.25, 0.3) is 0 Å². The van der Waals surface area contributed by atoms with Crippen molar-refractivity contribution in [1.82, 2.24) is 0 Å². The van der Waals surface area contributed by atoms with Gasteiger partial charge in [-0.05, 0) is 42.6 Å². The van der Waals surface area contributed by atoms with Crippen molar-refractivity contribution in [2.75, 3.05) is 17.2 Å². The summed E-state index contributed by atoms with van der Waals surface area (Å²) < 4.78 is 0. The molecular formula is C20H25N3O2. The number of amides is 2. The molecule has 0 unspecified atom stereocenters. The number of carbonyl (C=O) groups is 2. The van der Waals surface area contributed by atoms with Crippen molar-refractivity contribution < 1.29 is 9.59 Å². The van der Waals surface area contributed by atoms with Crippen LogP contribution in [-0.4, -0.2) is 18.4 Å². The molecule has 4 N–H and O–H groups in total. The highest BCUT2D eigenvalue weighted by molar-refractivity contribution is 5.95. The lowest BCUT2D eigenvalue weighted by Crippen LogP contribution is -2.16. The Morgan fingerprint density at radius 1 is 1.00 bits per heavy atom. The number of carbonyl (C=O) groups excluding carboxylic acids is 2. The Labute approximate surface area is 148 Å². The Morgan fingerprint density at radius 3 is 2.44 bits per heavy atom. The van der Waals surface area contributed by atoms with Gasteiger partial charge in [0.2, 0.25) is 11.8 Å². The average Bonchev–Trinajstić information content (AvgIpc) is 2.61. The van der Waals surface area contributed by atoms with E-state index in [-0.39, 0.29) is 11.8 Å². The van der Waals surface area contributed by atoms with E-state index in [1.807, 2.05) is 55.5 Å². The predicted molar refractivity (Wildman–Crippen MR) is 102 cm³/mol. The van der Waals surface area contributed by atoms with Gasteiger partial charge >= 0.3 is 0 Å². The van der Waals surface area contributed by atoms with E-state index < -0.39 is 0 Å². The van der Waals surface area contributed by atoms with E-state index in [0.29, 0.717) is 31.5 Å². The highest BCUT2D eigenvalue weighted by Crippen LogP contribution is 2.22. The first-order chi connectivity index (χ1) is 12.1. The van der Waals surface area contributed by atoms with E-state index >= 15 is 0 Å². The lowest BCUT2D eigenvalue weighted by molar-refractivity contribution is -0.116. The molecule has 0 saturated heterocycles. The molecule has 2 rings (SSSR count). The van der Waals surface area contributed by atoms with Crippen LogP contribution in [0.5, 0.6) is 0 Å². The van der Waals surface area contributed by atoms with Crippen LogP contribution >= 0.6 is 0 Å². The largest absolute Gasteiger partial charge is 0.330 e. The van der Waals surface area contributed by atoms with Gasteiger partial charge in [-0.1, -0.05) is 43.3 Å². The van der Waals surface area contributed by atoms with Crippen LogP contribution in [0.3, 0.4) is 0 Å². The number of aryl methyl sites for hydroxylation is 1. The second-order valence-corrected chi connectivity index (χ2v) is 5.88. The van der Waals surface area contributed by atoms with Gasteiger partial charge in [-0.15, -0.1) is 0 Å². The molecule has 0 aliphatic rings. The Bertz CT molecular complexity index is 714. The first kappa shape index (κ1) is 18.7. The predicted octanol–water partition coefficient (Wildman–Crippen LogP) is 3.11. The fraction of sp³-hybridized carbons (Fsp3) is 0.300. The Kier molecular flexibility index (Phi) is 7.16. The van der Waals surface area contributed by atoms with Crippen LogP contribution in [-0.2, 0) is 22.4 Å². The quantitative estimate of drug-likeness (QED) is 0.691. The van der Waals surface area contributed by atoms with Gasteiger partial charge in [0.1, 0.15) is 0 Å². The van der Waals surface area contributed by atoms with E-state index in [1.165, 1.54) is 0 Å². The fourth-order valence-electron chi connectivity index (χ4n) is 2.54. The molecule has 0 saturated carbocycles. The molecule has 0 aromatic heterocycles. The molecule has 2 aromatic rings. The molecule has 2 amide bonds. The van der Waals surface area contributed by atoms with Crippen molar-refractivity contribution in [2.24, 2.45) is 5.73 Å². The Hall–Kier alpha value is -2.66. The van der Waals surface area contributed by atoms with Gasteiger partial charge in [-0.2, -0.15) is 0 Å². The van der Waals surface area contributed by atoms with Gasteiger partial charge in [0, 0.05) is 17.8 Å². The zero-order valence-corrected chi connectivity index (χ0v) is 14.5. The maximum absolute atomic E-state index is 12.2. The Balaban J connectivity index is 2.04. The molecule has 0 spiro atoms. The maximum atomic E-state index is 12.2. The third-order valence-electron chi connectivity index (χ3n) is 3.86. The number of hydrogen-bond acceptors (Lipinski definition) is 3. The number of benzene rings is 2. The minimum atomic E-state index is -0.0872. The smallest absolute Gasteiger partial charge is 0.228 e. The minimum Gasteiger partial charge on any atom is -0.330 e. The summed E-state index contributed by atoms with van der Waals surface area (Å²) in [4.78, 5) is 24.2. The summed E-state index contributed by atoms with van der Waals surface area (Å²) in [6.45, 7) is 2.52. The van der Waals surface area contributed by atoms with Crippen molar-refractivity contribution in [1.29, 1.82) is 0 Å². The van der Waals surface area contributed by atoms with E-state index in [1.54, 1.807) is 0 Å². The van der Waals surface area contributed by atoms with Crippen molar-refractivity contribution in [3.63, 3.8) is 0 Å². The maximum Gasteiger partial charge on any atom is 0.228 e. The fourth-order valence-corrected chi connectivity index (χ4v) is 2.54. The normalized spacial score (nSPS) is 10.3. The van der Waals surface area contributed by atoms with Crippen molar-refractivity contribution in [3.8, 4) is 0 Å². The van der Waals surface area contributed by atoms with Crippen LogP contribution in [0, 0.1) is 0 Å². The third-order valence-corrected chi connectivity index (χ3v) is 3.86. The molecule has 132 valence electrons. The van der Waals surface area contributed by atoms with Gasteiger partial charge in [0.15, 0.2) is 0 Å². The monoisotopic (exact) mass is 339 g/mol. The van der Waals surface area contributed by atoms with Crippen LogP contribution in [0.1, 0.15) is 30.9 Å². The van der Waals surface area contributed by atoms with E-state index in [4.69, 9.17) is 5.73 Å². The van der Waals surface area contributed by atoms with Crippen molar-refractivity contribution >= 4 is 23.2 Å². The summed E-state index contributed by atoms with van der Waals surface area (Å²) in [6.07, 6.45) is 2.16. The third kappa shape index (κ3) is 6.04. The first-order valence-corrected chi connectivity index (χ1v) is 8.59. The highest BCUT2D eigenvalue weighted by atomic mass is 16.2. The van der Waals surface area contributed by atoms with Crippen LogP contribution in [0.4, 0.5) is 11.4 Å². The molecule has 0 heterocycles. The average molecular weight is 339 g/mol. The molecule has 0 radical (unpaired) electrons. The van der Waals surface area contributed by atoms with E-state index in [2.05, 4.69) is 10.6 Å². The summed E-state index contributed by atoms with van der Waals surface area (Å²) in [5.41, 5.74) is 8.84. The van der Waals surface area contributed by atoms with Gasteiger partial charge in [-0.3, -0.25) is 9.59 Å². The molecule has 0 aliphatic heterocycles. The van der Waals surface area contributed by atoms with E-state index in [0.717, 1.165) is 23.2 Å². The SMILES string of the molecule is CCc1ccc(NC(=O)Cc2ccccc2)cc1NC(=O)CCCN. The summed E-state index contributed by atoms with van der Waals surface area (Å²) in [5.74, 6) is -0.149. The van der Waals surface area contributed by atoms with Gasteiger partial charge in [-0.25, -0.2) is 0 Å². The number of nitrogens with one attached hydrogen (secondary N) is 2. The summed E-state index contributed by atoms with van der Waals surface area (Å²) >= 11 is 0. The van der Waals surface area contributed by atoms with Crippen molar-refractivity contribution in [3.05, 3.63) is 59.7 Å². The molecule has 2 aromatic carbocycles. The van der Waals surface area contributed by atoms with Crippen molar-refractivity contribution in [2.45, 2.75) is 32.6 Å². The minimum absolute atomic E-state index is 0.0621. The molecule has 0 atom stereocenters. The molecule has 5 nitrogen and oxygen atoms in total. The number of rotatable bonds is 8. The zero-order chi connectivity index (χ0) is 18.1. The van der Waals surface area contributed by atoms with Gasteiger partial charge in [0.05, 0.1) is 6.42 Å². The molecule has 5 heteroatoms. The van der Waals surface area contributed by atoms with Gasteiger partial charge in [0.25, 0.3) is 0 Å².